The van der Waals surface area contributed by atoms with Crippen LogP contribution < -0.4 is 0 Å². The molecule has 0 aromatic heterocycles. The van der Waals surface area contributed by atoms with Gasteiger partial charge in [-0.25, -0.2) is 0 Å². The van der Waals surface area contributed by atoms with E-state index >= 15 is 0 Å². The molecular formula is C14H20O. The Labute approximate surface area is 92.5 Å². The van der Waals surface area contributed by atoms with Crippen LogP contribution in [0.2, 0.25) is 0 Å². The molecule has 15 heavy (non-hydrogen) atoms. The standard InChI is InChI=1S/C14H20O/c1-11(9-10-15)12-5-7-13(8-6-12)14(2,3)4/h5-8,10-11H,9H2,1-4H3. The molecule has 0 aliphatic carbocycles. The first-order valence-corrected chi connectivity index (χ1v) is 5.49. The molecule has 0 saturated carbocycles. The third kappa shape index (κ3) is 3.19. The largest absolute Gasteiger partial charge is 0.303 e. The average Bonchev–Trinajstić information content (AvgIpc) is 2.17. The van der Waals surface area contributed by atoms with E-state index < -0.39 is 0 Å². The van der Waals surface area contributed by atoms with Crippen LogP contribution in [0.3, 0.4) is 0 Å². The van der Waals surface area contributed by atoms with E-state index in [4.69, 9.17) is 0 Å². The lowest BCUT2D eigenvalue weighted by Crippen LogP contribution is -2.10. The zero-order chi connectivity index (χ0) is 11.5. The monoisotopic (exact) mass is 204 g/mol. The van der Waals surface area contributed by atoms with E-state index in [0.29, 0.717) is 12.3 Å². The topological polar surface area (TPSA) is 17.1 Å². The van der Waals surface area contributed by atoms with Crippen LogP contribution in [0.1, 0.15) is 51.2 Å². The van der Waals surface area contributed by atoms with Crippen molar-refractivity contribution in [2.45, 2.75) is 45.4 Å². The molecule has 0 amide bonds. The Morgan fingerprint density at radius 2 is 1.73 bits per heavy atom. The van der Waals surface area contributed by atoms with Crippen molar-refractivity contribution in [3.63, 3.8) is 0 Å². The maximum Gasteiger partial charge on any atom is 0.120 e. The Balaban J connectivity index is 2.85. The fourth-order valence-electron chi connectivity index (χ4n) is 1.59. The summed E-state index contributed by atoms with van der Waals surface area (Å²) in [6, 6.07) is 8.59. The van der Waals surface area contributed by atoms with Crippen molar-refractivity contribution in [1.29, 1.82) is 0 Å². The first-order chi connectivity index (χ1) is 6.95. The molecule has 0 saturated heterocycles. The SMILES string of the molecule is CC(CC=O)c1ccc(C(C)(C)C)cc1. The highest BCUT2D eigenvalue weighted by Crippen LogP contribution is 2.25. The molecule has 1 rings (SSSR count). The average molecular weight is 204 g/mol. The summed E-state index contributed by atoms with van der Waals surface area (Å²) in [6.45, 7) is 8.70. The smallest absolute Gasteiger partial charge is 0.120 e. The Hall–Kier alpha value is -1.11. The van der Waals surface area contributed by atoms with Crippen molar-refractivity contribution in [2.24, 2.45) is 0 Å². The fraction of sp³-hybridized carbons (Fsp3) is 0.500. The third-order valence-electron chi connectivity index (χ3n) is 2.80. The predicted molar refractivity (Wildman–Crippen MR) is 64.2 cm³/mol. The van der Waals surface area contributed by atoms with Crippen LogP contribution >= 0.6 is 0 Å². The van der Waals surface area contributed by atoms with Crippen molar-refractivity contribution in [3.8, 4) is 0 Å². The Kier molecular flexibility index (Phi) is 3.67. The van der Waals surface area contributed by atoms with Gasteiger partial charge >= 0.3 is 0 Å². The van der Waals surface area contributed by atoms with E-state index in [1.54, 1.807) is 0 Å². The Morgan fingerprint density at radius 1 is 1.20 bits per heavy atom. The van der Waals surface area contributed by atoms with Crippen LogP contribution in [0.15, 0.2) is 24.3 Å². The highest BCUT2D eigenvalue weighted by molar-refractivity contribution is 5.51. The van der Waals surface area contributed by atoms with Gasteiger partial charge in [-0.1, -0.05) is 52.0 Å². The minimum Gasteiger partial charge on any atom is -0.303 e. The Morgan fingerprint density at radius 3 is 2.13 bits per heavy atom. The summed E-state index contributed by atoms with van der Waals surface area (Å²) in [6.07, 6.45) is 1.59. The molecule has 1 heteroatoms. The zero-order valence-electron chi connectivity index (χ0n) is 10.1. The lowest BCUT2D eigenvalue weighted by molar-refractivity contribution is -0.108. The normalized spacial score (nSPS) is 13.6. The maximum absolute atomic E-state index is 10.4. The van der Waals surface area contributed by atoms with Gasteiger partial charge in [-0.3, -0.25) is 0 Å². The van der Waals surface area contributed by atoms with Crippen LogP contribution in [-0.2, 0) is 10.2 Å². The van der Waals surface area contributed by atoms with Crippen LogP contribution in [0, 0.1) is 0 Å². The van der Waals surface area contributed by atoms with Gasteiger partial charge in [0.05, 0.1) is 0 Å². The highest BCUT2D eigenvalue weighted by atomic mass is 16.1. The predicted octanol–water partition coefficient (Wildman–Crippen LogP) is 3.68. The fourth-order valence-corrected chi connectivity index (χ4v) is 1.59. The van der Waals surface area contributed by atoms with E-state index in [9.17, 15) is 4.79 Å². The van der Waals surface area contributed by atoms with E-state index in [1.807, 2.05) is 0 Å². The van der Waals surface area contributed by atoms with Crippen molar-refractivity contribution in [2.75, 3.05) is 0 Å². The van der Waals surface area contributed by atoms with Crippen LogP contribution in [0.5, 0.6) is 0 Å². The van der Waals surface area contributed by atoms with Gasteiger partial charge in [-0.05, 0) is 22.5 Å². The minimum atomic E-state index is 0.201. The second-order valence-corrected chi connectivity index (χ2v) is 5.18. The highest BCUT2D eigenvalue weighted by Gasteiger charge is 2.13. The summed E-state index contributed by atoms with van der Waals surface area (Å²) < 4.78 is 0. The number of benzene rings is 1. The van der Waals surface area contributed by atoms with Crippen LogP contribution in [-0.4, -0.2) is 6.29 Å². The van der Waals surface area contributed by atoms with Gasteiger partial charge < -0.3 is 4.79 Å². The number of carbonyl (C=O) groups excluding carboxylic acids is 1. The zero-order valence-corrected chi connectivity index (χ0v) is 10.1. The van der Waals surface area contributed by atoms with Gasteiger partial charge in [0.2, 0.25) is 0 Å². The molecule has 0 bridgehead atoms. The molecule has 0 spiro atoms. The van der Waals surface area contributed by atoms with E-state index in [-0.39, 0.29) is 5.41 Å². The molecule has 0 aliphatic heterocycles. The molecule has 1 nitrogen and oxygen atoms in total. The number of hydrogen-bond acceptors (Lipinski definition) is 1. The van der Waals surface area contributed by atoms with Gasteiger partial charge in [-0.15, -0.1) is 0 Å². The summed E-state index contributed by atoms with van der Waals surface area (Å²) in [5.74, 6) is 0.330. The van der Waals surface area contributed by atoms with Gasteiger partial charge in [0.25, 0.3) is 0 Å². The first kappa shape index (κ1) is 12.0. The van der Waals surface area contributed by atoms with Gasteiger partial charge in [0, 0.05) is 6.42 Å². The molecule has 0 aliphatic rings. The van der Waals surface area contributed by atoms with E-state index in [1.165, 1.54) is 11.1 Å². The first-order valence-electron chi connectivity index (χ1n) is 5.49. The van der Waals surface area contributed by atoms with E-state index in [2.05, 4.69) is 52.0 Å². The number of rotatable bonds is 3. The summed E-state index contributed by atoms with van der Waals surface area (Å²) >= 11 is 0. The second kappa shape index (κ2) is 4.61. The van der Waals surface area contributed by atoms with Crippen molar-refractivity contribution in [1.82, 2.24) is 0 Å². The molecule has 0 fully saturated rings. The van der Waals surface area contributed by atoms with Crippen molar-refractivity contribution < 1.29 is 4.79 Å². The summed E-state index contributed by atoms with van der Waals surface area (Å²) in [4.78, 5) is 10.4. The van der Waals surface area contributed by atoms with Crippen LogP contribution in [0.4, 0.5) is 0 Å². The number of carbonyl (C=O) groups is 1. The molecule has 1 unspecified atom stereocenters. The van der Waals surface area contributed by atoms with Crippen molar-refractivity contribution >= 4 is 6.29 Å². The van der Waals surface area contributed by atoms with Gasteiger partial charge in [0.15, 0.2) is 0 Å². The van der Waals surface area contributed by atoms with Gasteiger partial charge in [-0.2, -0.15) is 0 Å². The van der Waals surface area contributed by atoms with E-state index in [0.717, 1.165) is 6.29 Å². The minimum absolute atomic E-state index is 0.201. The molecule has 0 heterocycles. The lowest BCUT2D eigenvalue weighted by Gasteiger charge is -2.19. The molecule has 1 aromatic rings. The molecular weight excluding hydrogens is 184 g/mol. The van der Waals surface area contributed by atoms with Crippen LogP contribution in [0.25, 0.3) is 0 Å². The quantitative estimate of drug-likeness (QED) is 0.686. The lowest BCUT2D eigenvalue weighted by atomic mass is 9.85. The summed E-state index contributed by atoms with van der Waals surface area (Å²) in [5, 5.41) is 0. The molecule has 0 N–H and O–H groups in total. The van der Waals surface area contributed by atoms with Crippen molar-refractivity contribution in [3.05, 3.63) is 35.4 Å². The molecule has 1 atom stereocenters. The summed E-state index contributed by atoms with van der Waals surface area (Å²) in [5.41, 5.74) is 2.78. The van der Waals surface area contributed by atoms with Gasteiger partial charge in [0.1, 0.15) is 6.29 Å². The Bertz CT molecular complexity index is 316. The molecule has 82 valence electrons. The molecule has 1 aromatic carbocycles. The number of aldehydes is 1. The summed E-state index contributed by atoms with van der Waals surface area (Å²) in [7, 11) is 0. The molecule has 0 radical (unpaired) electrons. The third-order valence-corrected chi connectivity index (χ3v) is 2.80. The maximum atomic E-state index is 10.4. The number of hydrogen-bond donors (Lipinski definition) is 0. The second-order valence-electron chi connectivity index (χ2n) is 5.18.